The van der Waals surface area contributed by atoms with E-state index in [9.17, 15) is 4.79 Å². The van der Waals surface area contributed by atoms with Crippen LogP contribution in [0.1, 0.15) is 64.2 Å². The maximum absolute atomic E-state index is 10.6. The number of aliphatic carboxylic acids is 1. The smallest absolute Gasteiger partial charge is 0.303 e. The fourth-order valence-electron chi connectivity index (χ4n) is 3.54. The standard InChI is InChI=1S/C13H22O2/c14-12(15)10-11-4-8-13(9-5-11)6-2-1-3-7-13/h11H,1-10H2,(H,14,15). The first kappa shape index (κ1) is 11.0. The summed E-state index contributed by atoms with van der Waals surface area (Å²) >= 11 is 0. The molecule has 2 rings (SSSR count). The second-order valence-electron chi connectivity index (χ2n) is 5.60. The summed E-state index contributed by atoms with van der Waals surface area (Å²) in [5.74, 6) is -0.144. The zero-order valence-corrected chi connectivity index (χ0v) is 9.50. The van der Waals surface area contributed by atoms with Crippen molar-refractivity contribution in [1.29, 1.82) is 0 Å². The molecule has 0 radical (unpaired) electrons. The third-order valence-corrected chi connectivity index (χ3v) is 4.54. The minimum Gasteiger partial charge on any atom is -0.481 e. The van der Waals surface area contributed by atoms with E-state index in [1.165, 1.54) is 44.9 Å². The summed E-state index contributed by atoms with van der Waals surface area (Å²) in [6.07, 6.45) is 12.4. The van der Waals surface area contributed by atoms with Crippen molar-refractivity contribution in [3.63, 3.8) is 0 Å². The van der Waals surface area contributed by atoms with Crippen molar-refractivity contribution in [2.75, 3.05) is 0 Å². The molecule has 1 N–H and O–H groups in total. The molecule has 86 valence electrons. The predicted octanol–water partition coefficient (Wildman–Crippen LogP) is 3.60. The first-order chi connectivity index (χ1) is 7.20. The van der Waals surface area contributed by atoms with Gasteiger partial charge < -0.3 is 5.11 Å². The summed E-state index contributed by atoms with van der Waals surface area (Å²) in [4.78, 5) is 10.6. The number of carboxylic acid groups (broad SMARTS) is 1. The van der Waals surface area contributed by atoms with Gasteiger partial charge in [-0.3, -0.25) is 4.79 Å². The van der Waals surface area contributed by atoms with Gasteiger partial charge in [-0.15, -0.1) is 0 Å². The minimum atomic E-state index is -0.611. The largest absolute Gasteiger partial charge is 0.481 e. The van der Waals surface area contributed by atoms with Gasteiger partial charge in [0.15, 0.2) is 0 Å². The lowest BCUT2D eigenvalue weighted by molar-refractivity contribution is -0.138. The Labute approximate surface area is 92.1 Å². The van der Waals surface area contributed by atoms with E-state index in [0.717, 1.165) is 12.8 Å². The predicted molar refractivity (Wildman–Crippen MR) is 59.7 cm³/mol. The SMILES string of the molecule is O=C(O)CC1CCC2(CCCCC2)CC1. The van der Waals surface area contributed by atoms with E-state index in [-0.39, 0.29) is 0 Å². The molecular formula is C13H22O2. The molecule has 2 aliphatic carbocycles. The lowest BCUT2D eigenvalue weighted by Gasteiger charge is -2.42. The average Bonchev–Trinajstić information content (AvgIpc) is 2.23. The van der Waals surface area contributed by atoms with Crippen LogP contribution in [0.25, 0.3) is 0 Å². The summed E-state index contributed by atoms with van der Waals surface area (Å²) in [5, 5.41) is 8.77. The Hall–Kier alpha value is -0.530. The van der Waals surface area contributed by atoms with Gasteiger partial charge in [-0.05, 0) is 49.9 Å². The Morgan fingerprint density at radius 3 is 2.20 bits per heavy atom. The fraction of sp³-hybridized carbons (Fsp3) is 0.923. The van der Waals surface area contributed by atoms with E-state index in [2.05, 4.69) is 0 Å². The monoisotopic (exact) mass is 210 g/mol. The highest BCUT2D eigenvalue weighted by molar-refractivity contribution is 5.67. The van der Waals surface area contributed by atoms with Crippen molar-refractivity contribution < 1.29 is 9.90 Å². The molecular weight excluding hydrogens is 188 g/mol. The summed E-state index contributed by atoms with van der Waals surface area (Å²) in [7, 11) is 0. The number of hydrogen-bond acceptors (Lipinski definition) is 1. The van der Waals surface area contributed by atoms with Crippen LogP contribution >= 0.6 is 0 Å². The molecule has 0 aromatic heterocycles. The van der Waals surface area contributed by atoms with Crippen LogP contribution < -0.4 is 0 Å². The van der Waals surface area contributed by atoms with Crippen LogP contribution in [0.5, 0.6) is 0 Å². The second-order valence-corrected chi connectivity index (χ2v) is 5.60. The molecule has 0 atom stereocenters. The van der Waals surface area contributed by atoms with Gasteiger partial charge in [-0.2, -0.15) is 0 Å². The number of carbonyl (C=O) groups is 1. The van der Waals surface area contributed by atoms with Gasteiger partial charge in [0, 0.05) is 6.42 Å². The van der Waals surface area contributed by atoms with Crippen molar-refractivity contribution in [2.45, 2.75) is 64.2 Å². The number of carboxylic acids is 1. The van der Waals surface area contributed by atoms with Crippen LogP contribution in [-0.2, 0) is 4.79 Å². The summed E-state index contributed by atoms with van der Waals surface area (Å²) in [6, 6.07) is 0. The summed E-state index contributed by atoms with van der Waals surface area (Å²) in [5.41, 5.74) is 0.632. The van der Waals surface area contributed by atoms with Crippen molar-refractivity contribution in [3.05, 3.63) is 0 Å². The Morgan fingerprint density at radius 2 is 1.67 bits per heavy atom. The van der Waals surface area contributed by atoms with Crippen molar-refractivity contribution in [3.8, 4) is 0 Å². The maximum Gasteiger partial charge on any atom is 0.303 e. The van der Waals surface area contributed by atoms with Crippen molar-refractivity contribution in [2.24, 2.45) is 11.3 Å². The van der Waals surface area contributed by atoms with Crippen LogP contribution in [0.15, 0.2) is 0 Å². The van der Waals surface area contributed by atoms with E-state index in [4.69, 9.17) is 5.11 Å². The van der Waals surface area contributed by atoms with E-state index in [0.29, 0.717) is 17.8 Å². The van der Waals surface area contributed by atoms with E-state index in [1.54, 1.807) is 0 Å². The van der Waals surface area contributed by atoms with Gasteiger partial charge in [0.25, 0.3) is 0 Å². The molecule has 0 unspecified atom stereocenters. The van der Waals surface area contributed by atoms with E-state index >= 15 is 0 Å². The topological polar surface area (TPSA) is 37.3 Å². The highest BCUT2D eigenvalue weighted by Gasteiger charge is 2.36. The van der Waals surface area contributed by atoms with Crippen LogP contribution in [-0.4, -0.2) is 11.1 Å². The summed E-state index contributed by atoms with van der Waals surface area (Å²) in [6.45, 7) is 0. The van der Waals surface area contributed by atoms with E-state index in [1.807, 2.05) is 0 Å². The Morgan fingerprint density at radius 1 is 1.07 bits per heavy atom. The van der Waals surface area contributed by atoms with Crippen molar-refractivity contribution in [1.82, 2.24) is 0 Å². The maximum atomic E-state index is 10.6. The molecule has 0 aliphatic heterocycles. The Kier molecular flexibility index (Phi) is 3.32. The molecule has 2 heteroatoms. The van der Waals surface area contributed by atoms with Crippen LogP contribution in [0.4, 0.5) is 0 Å². The molecule has 0 aromatic carbocycles. The number of rotatable bonds is 2. The van der Waals surface area contributed by atoms with Crippen LogP contribution in [0.3, 0.4) is 0 Å². The van der Waals surface area contributed by atoms with Crippen molar-refractivity contribution >= 4 is 5.97 Å². The normalized spacial score (nSPS) is 26.7. The molecule has 2 saturated carbocycles. The molecule has 2 nitrogen and oxygen atoms in total. The molecule has 0 saturated heterocycles. The molecule has 0 bridgehead atoms. The fourth-order valence-corrected chi connectivity index (χ4v) is 3.54. The molecule has 2 aliphatic rings. The third-order valence-electron chi connectivity index (χ3n) is 4.54. The highest BCUT2D eigenvalue weighted by atomic mass is 16.4. The summed E-state index contributed by atoms with van der Waals surface area (Å²) < 4.78 is 0. The first-order valence-electron chi connectivity index (χ1n) is 6.42. The van der Waals surface area contributed by atoms with Gasteiger partial charge >= 0.3 is 5.97 Å². The Bertz CT molecular complexity index is 219. The lowest BCUT2D eigenvalue weighted by Crippen LogP contribution is -2.30. The third kappa shape index (κ3) is 2.73. The zero-order chi connectivity index (χ0) is 10.7. The highest BCUT2D eigenvalue weighted by Crippen LogP contribution is 2.49. The van der Waals surface area contributed by atoms with Crippen LogP contribution in [0.2, 0.25) is 0 Å². The van der Waals surface area contributed by atoms with Gasteiger partial charge in [0.05, 0.1) is 0 Å². The zero-order valence-electron chi connectivity index (χ0n) is 9.50. The van der Waals surface area contributed by atoms with E-state index < -0.39 is 5.97 Å². The van der Waals surface area contributed by atoms with Gasteiger partial charge in [0.1, 0.15) is 0 Å². The molecule has 0 heterocycles. The van der Waals surface area contributed by atoms with Crippen LogP contribution in [0, 0.1) is 11.3 Å². The van der Waals surface area contributed by atoms with Gasteiger partial charge in [-0.1, -0.05) is 19.3 Å². The number of hydrogen-bond donors (Lipinski definition) is 1. The minimum absolute atomic E-state index is 0.399. The quantitative estimate of drug-likeness (QED) is 0.756. The average molecular weight is 210 g/mol. The Balaban J connectivity index is 1.82. The molecule has 2 fully saturated rings. The second kappa shape index (κ2) is 4.54. The lowest BCUT2D eigenvalue weighted by atomic mass is 9.63. The molecule has 0 amide bonds. The first-order valence-corrected chi connectivity index (χ1v) is 6.42. The molecule has 15 heavy (non-hydrogen) atoms. The molecule has 1 spiro atoms. The molecule has 0 aromatic rings. The van der Waals surface area contributed by atoms with Gasteiger partial charge in [-0.25, -0.2) is 0 Å². The van der Waals surface area contributed by atoms with Gasteiger partial charge in [0.2, 0.25) is 0 Å².